The van der Waals surface area contributed by atoms with Gasteiger partial charge < -0.3 is 15.8 Å². The summed E-state index contributed by atoms with van der Waals surface area (Å²) in [5.41, 5.74) is 6.07. The zero-order valence-electron chi connectivity index (χ0n) is 14.8. The lowest BCUT2D eigenvalue weighted by Gasteiger charge is -2.11. The van der Waals surface area contributed by atoms with Crippen LogP contribution in [0.15, 0.2) is 27.8 Å². The van der Waals surface area contributed by atoms with E-state index in [0.29, 0.717) is 12.8 Å². The summed E-state index contributed by atoms with van der Waals surface area (Å²) in [5, 5.41) is 18.9. The van der Waals surface area contributed by atoms with E-state index in [9.17, 15) is 19.2 Å². The minimum absolute atomic E-state index is 0.0388. The van der Waals surface area contributed by atoms with Gasteiger partial charge >= 0.3 is 0 Å². The topological polar surface area (TPSA) is 165 Å². The molecule has 1 aliphatic carbocycles. The highest BCUT2D eigenvalue weighted by atomic mass is 35.5. The molecule has 11 nitrogen and oxygen atoms in total. The molecular formula is C16H16ClFN6O5. The van der Waals surface area contributed by atoms with Crippen LogP contribution in [-0.4, -0.2) is 46.3 Å². The smallest absolute Gasteiger partial charge is 0.287 e. The number of carbonyl (C=O) groups is 2. The minimum atomic E-state index is -1.13. The number of aliphatic imine (C=N–C) groups is 1. The Balaban J connectivity index is 1.62. The molecule has 1 fully saturated rings. The highest BCUT2D eigenvalue weighted by Crippen LogP contribution is 2.45. The van der Waals surface area contributed by atoms with Crippen LogP contribution in [0.5, 0.6) is 5.88 Å². The van der Waals surface area contributed by atoms with E-state index >= 15 is 0 Å². The molecule has 0 saturated heterocycles. The molecule has 0 atom stereocenters. The van der Waals surface area contributed by atoms with E-state index in [1.807, 2.05) is 5.48 Å². The van der Waals surface area contributed by atoms with E-state index in [0.717, 1.165) is 6.07 Å². The third-order valence-corrected chi connectivity index (χ3v) is 4.51. The normalized spacial score (nSPS) is 14.9. The highest BCUT2D eigenvalue weighted by molar-refractivity contribution is 6.31. The number of amides is 2. The molecule has 1 saturated carbocycles. The monoisotopic (exact) mass is 426 g/mol. The van der Waals surface area contributed by atoms with Crippen LogP contribution in [-0.2, 0) is 9.59 Å². The van der Waals surface area contributed by atoms with Crippen LogP contribution in [0.1, 0.15) is 18.5 Å². The lowest BCUT2D eigenvalue weighted by atomic mass is 10.1. The van der Waals surface area contributed by atoms with E-state index in [-0.39, 0.29) is 41.3 Å². The summed E-state index contributed by atoms with van der Waals surface area (Å²) in [6, 6.07) is 3.68. The average Bonchev–Trinajstić information content (AvgIpc) is 3.39. The number of hydroxylamine groups is 1. The average molecular weight is 427 g/mol. The molecule has 29 heavy (non-hydrogen) atoms. The van der Waals surface area contributed by atoms with Crippen molar-refractivity contribution in [2.24, 2.45) is 16.1 Å². The van der Waals surface area contributed by atoms with Gasteiger partial charge in [0.1, 0.15) is 17.8 Å². The van der Waals surface area contributed by atoms with Crippen LogP contribution in [0.25, 0.3) is 0 Å². The molecule has 1 aromatic heterocycles. The Kier molecular flexibility index (Phi) is 5.94. The lowest BCUT2D eigenvalue weighted by Crippen LogP contribution is -2.41. The zero-order chi connectivity index (χ0) is 21.0. The maximum absolute atomic E-state index is 13.2. The van der Waals surface area contributed by atoms with Crippen molar-refractivity contribution in [3.05, 3.63) is 34.7 Å². The summed E-state index contributed by atoms with van der Waals surface area (Å²) in [7, 11) is 0. The molecular weight excluding hydrogens is 411 g/mol. The summed E-state index contributed by atoms with van der Waals surface area (Å²) < 4.78 is 23.2. The third kappa shape index (κ3) is 4.43. The number of halogens is 2. The lowest BCUT2D eigenvalue weighted by molar-refractivity contribution is -0.135. The molecule has 0 radical (unpaired) electrons. The number of amidine groups is 1. The first-order valence-electron chi connectivity index (χ1n) is 8.35. The Morgan fingerprint density at radius 1 is 1.41 bits per heavy atom. The van der Waals surface area contributed by atoms with Crippen molar-refractivity contribution in [2.45, 2.75) is 12.8 Å². The van der Waals surface area contributed by atoms with Crippen LogP contribution in [0.2, 0.25) is 5.02 Å². The first-order chi connectivity index (χ1) is 13.9. The number of primary amides is 1. The van der Waals surface area contributed by atoms with E-state index in [1.165, 1.54) is 12.1 Å². The highest BCUT2D eigenvalue weighted by Gasteiger charge is 2.55. The molecule has 0 bridgehead atoms. The first kappa shape index (κ1) is 20.5. The van der Waals surface area contributed by atoms with Crippen LogP contribution in [0.3, 0.4) is 0 Å². The molecule has 2 amide bonds. The molecule has 3 rings (SSSR count). The molecule has 2 aromatic rings. The standard InChI is InChI=1S/C16H16ClFN6O5/c17-9-7-8(1-2-10(9)18)21-12(22-27)11-13(24-29-23-11)28-6-5-20-15(26)16(3-4-16)14(19)25/h1-2,7,27H,3-6H2,(H2,19,25)(H,20,26)(H,21,22). The third-order valence-electron chi connectivity index (χ3n) is 4.22. The van der Waals surface area contributed by atoms with E-state index in [2.05, 4.69) is 25.3 Å². The van der Waals surface area contributed by atoms with Crippen LogP contribution in [0.4, 0.5) is 10.1 Å². The van der Waals surface area contributed by atoms with Crippen molar-refractivity contribution in [2.75, 3.05) is 13.2 Å². The second kappa shape index (κ2) is 8.41. The van der Waals surface area contributed by atoms with Crippen LogP contribution in [0, 0.1) is 11.2 Å². The van der Waals surface area contributed by atoms with Crippen molar-refractivity contribution in [1.29, 1.82) is 0 Å². The molecule has 0 spiro atoms. The Morgan fingerprint density at radius 2 is 2.17 bits per heavy atom. The molecule has 1 aliphatic rings. The van der Waals surface area contributed by atoms with Crippen molar-refractivity contribution in [3.8, 4) is 5.88 Å². The summed E-state index contributed by atoms with van der Waals surface area (Å²) in [4.78, 5) is 27.3. The fraction of sp³-hybridized carbons (Fsp3) is 0.312. The van der Waals surface area contributed by atoms with Crippen molar-refractivity contribution >= 4 is 34.9 Å². The van der Waals surface area contributed by atoms with Crippen LogP contribution < -0.4 is 21.3 Å². The van der Waals surface area contributed by atoms with Gasteiger partial charge in [-0.05, 0) is 41.4 Å². The largest absolute Gasteiger partial charge is 0.472 e. The number of nitrogens with zero attached hydrogens (tertiary/aromatic N) is 3. The summed E-state index contributed by atoms with van der Waals surface area (Å²) >= 11 is 5.70. The minimum Gasteiger partial charge on any atom is -0.472 e. The second-order valence-electron chi connectivity index (χ2n) is 6.14. The van der Waals surface area contributed by atoms with Gasteiger partial charge in [0.2, 0.25) is 17.5 Å². The zero-order valence-corrected chi connectivity index (χ0v) is 15.6. The molecule has 1 heterocycles. The van der Waals surface area contributed by atoms with Gasteiger partial charge in [-0.2, -0.15) is 0 Å². The number of hydrogen-bond acceptors (Lipinski definition) is 8. The van der Waals surface area contributed by atoms with Crippen molar-refractivity contribution < 1.29 is 28.6 Å². The summed E-state index contributed by atoms with van der Waals surface area (Å²) in [6.45, 7) is 0.0235. The number of ether oxygens (including phenoxy) is 1. The number of nitrogens with one attached hydrogen (secondary N) is 2. The Hall–Kier alpha value is -3.25. The first-order valence-corrected chi connectivity index (χ1v) is 8.73. The van der Waals surface area contributed by atoms with Gasteiger partial charge in [-0.15, -0.1) is 0 Å². The quantitative estimate of drug-likeness (QED) is 0.157. The van der Waals surface area contributed by atoms with Gasteiger partial charge in [0.15, 0.2) is 5.84 Å². The molecule has 0 unspecified atom stereocenters. The number of benzene rings is 1. The number of nitrogens with two attached hydrogens (primary N) is 1. The van der Waals surface area contributed by atoms with E-state index in [1.54, 1.807) is 0 Å². The summed E-state index contributed by atoms with van der Waals surface area (Å²) in [5.74, 6) is -2.06. The SMILES string of the molecule is NC(=O)C1(C(=O)NCCOc2nonc2C(=Nc2ccc(F)c(Cl)c2)NO)CC1. The Morgan fingerprint density at radius 3 is 2.79 bits per heavy atom. The van der Waals surface area contributed by atoms with Gasteiger partial charge in [-0.3, -0.25) is 20.3 Å². The van der Waals surface area contributed by atoms with Gasteiger partial charge in [0.25, 0.3) is 5.88 Å². The van der Waals surface area contributed by atoms with E-state index in [4.69, 9.17) is 22.1 Å². The maximum atomic E-state index is 13.2. The Bertz CT molecular complexity index is 961. The number of aromatic nitrogens is 2. The molecule has 0 aliphatic heterocycles. The number of rotatable bonds is 8. The van der Waals surface area contributed by atoms with E-state index < -0.39 is 23.0 Å². The van der Waals surface area contributed by atoms with Crippen molar-refractivity contribution in [1.82, 2.24) is 21.1 Å². The van der Waals surface area contributed by atoms with Crippen LogP contribution >= 0.6 is 11.6 Å². The maximum Gasteiger partial charge on any atom is 0.287 e. The van der Waals surface area contributed by atoms with Gasteiger partial charge in [-0.25, -0.2) is 14.0 Å². The van der Waals surface area contributed by atoms with Crippen molar-refractivity contribution in [3.63, 3.8) is 0 Å². The molecule has 13 heteroatoms. The predicted molar refractivity (Wildman–Crippen MR) is 96.2 cm³/mol. The van der Waals surface area contributed by atoms with Gasteiger partial charge in [0.05, 0.1) is 17.3 Å². The fourth-order valence-corrected chi connectivity index (χ4v) is 2.60. The molecule has 5 N–H and O–H groups in total. The van der Waals surface area contributed by atoms with Gasteiger partial charge in [-0.1, -0.05) is 11.6 Å². The predicted octanol–water partition coefficient (Wildman–Crippen LogP) is 0.680. The molecule has 154 valence electrons. The second-order valence-corrected chi connectivity index (χ2v) is 6.55. The Labute approximate surface area is 168 Å². The number of hydrogen-bond donors (Lipinski definition) is 4. The summed E-state index contributed by atoms with van der Waals surface area (Å²) in [6.07, 6.45) is 0.837. The molecule has 1 aromatic carbocycles. The number of carbonyl (C=O) groups excluding carboxylic acids is 2. The fourth-order valence-electron chi connectivity index (χ4n) is 2.43. The van der Waals surface area contributed by atoms with Gasteiger partial charge in [0, 0.05) is 0 Å².